The smallest absolute Gasteiger partial charge is 0.146 e. The third-order valence-corrected chi connectivity index (χ3v) is 4.40. The van der Waals surface area contributed by atoms with Gasteiger partial charge < -0.3 is 10.2 Å². The molecule has 0 amide bonds. The zero-order chi connectivity index (χ0) is 11.7. The highest BCUT2D eigenvalue weighted by Crippen LogP contribution is 2.30. The molecule has 0 radical (unpaired) electrons. The molecule has 3 heterocycles. The van der Waals surface area contributed by atoms with Gasteiger partial charge in [-0.2, -0.15) is 0 Å². The van der Waals surface area contributed by atoms with Crippen molar-refractivity contribution in [1.29, 1.82) is 0 Å². The predicted octanol–water partition coefficient (Wildman–Crippen LogP) is 1.82. The lowest BCUT2D eigenvalue weighted by Crippen LogP contribution is -2.52. The molecule has 0 spiro atoms. The highest BCUT2D eigenvalue weighted by Gasteiger charge is 2.31. The number of aromatic nitrogens is 2. The summed E-state index contributed by atoms with van der Waals surface area (Å²) in [5, 5.41) is 3.64. The maximum atomic E-state index is 4.39. The second-order valence-electron chi connectivity index (χ2n) is 4.89. The van der Waals surface area contributed by atoms with Crippen molar-refractivity contribution in [3.63, 3.8) is 0 Å². The van der Waals surface area contributed by atoms with Gasteiger partial charge in [0.2, 0.25) is 0 Å². The fourth-order valence-corrected chi connectivity index (χ4v) is 3.45. The quantitative estimate of drug-likeness (QED) is 0.858. The minimum absolute atomic E-state index is 0.723. The Labute approximate surface area is 110 Å². The normalized spacial score (nSPS) is 28.9. The van der Waals surface area contributed by atoms with Crippen molar-refractivity contribution < 1.29 is 0 Å². The molecule has 3 rings (SSSR count). The van der Waals surface area contributed by atoms with Gasteiger partial charge in [-0.3, -0.25) is 0 Å². The minimum atomic E-state index is 0.723. The molecule has 2 fully saturated rings. The van der Waals surface area contributed by atoms with E-state index in [1.807, 2.05) is 6.20 Å². The van der Waals surface area contributed by atoms with Crippen molar-refractivity contribution in [2.75, 3.05) is 24.5 Å². The second-order valence-corrected chi connectivity index (χ2v) is 5.75. The molecule has 2 unspecified atom stereocenters. The van der Waals surface area contributed by atoms with Gasteiger partial charge in [0.1, 0.15) is 12.1 Å². The zero-order valence-corrected chi connectivity index (χ0v) is 11.4. The van der Waals surface area contributed by atoms with Crippen LogP contribution in [0.15, 0.2) is 17.0 Å². The minimum Gasteiger partial charge on any atom is -0.355 e. The predicted molar refractivity (Wildman–Crippen MR) is 71.1 cm³/mol. The van der Waals surface area contributed by atoms with E-state index < -0.39 is 0 Å². The van der Waals surface area contributed by atoms with Crippen LogP contribution >= 0.6 is 15.9 Å². The molecule has 0 aromatic carbocycles. The van der Waals surface area contributed by atoms with Crippen molar-refractivity contribution in [3.8, 4) is 0 Å². The third kappa shape index (κ3) is 2.31. The van der Waals surface area contributed by atoms with E-state index in [-0.39, 0.29) is 0 Å². The number of rotatable bonds is 1. The number of hydrogen-bond acceptors (Lipinski definition) is 4. The van der Waals surface area contributed by atoms with Crippen molar-refractivity contribution in [2.45, 2.75) is 25.3 Å². The maximum absolute atomic E-state index is 4.39. The Kier molecular flexibility index (Phi) is 3.29. The van der Waals surface area contributed by atoms with Crippen LogP contribution in [0.3, 0.4) is 0 Å². The van der Waals surface area contributed by atoms with Crippen LogP contribution in [-0.4, -0.2) is 35.6 Å². The van der Waals surface area contributed by atoms with Gasteiger partial charge in [0.15, 0.2) is 0 Å². The average molecular weight is 297 g/mol. The Morgan fingerprint density at radius 1 is 1.41 bits per heavy atom. The van der Waals surface area contributed by atoms with Crippen LogP contribution < -0.4 is 10.2 Å². The summed E-state index contributed by atoms with van der Waals surface area (Å²) in [6, 6.07) is 0.723. The van der Waals surface area contributed by atoms with E-state index >= 15 is 0 Å². The first-order valence-corrected chi connectivity index (χ1v) is 7.08. The molecule has 2 atom stereocenters. The molecule has 0 saturated carbocycles. The van der Waals surface area contributed by atoms with Crippen LogP contribution in [0.4, 0.5) is 5.82 Å². The number of piperidine rings is 2. The first-order chi connectivity index (χ1) is 8.34. The highest BCUT2D eigenvalue weighted by molar-refractivity contribution is 9.10. The summed E-state index contributed by atoms with van der Waals surface area (Å²) >= 11 is 3.54. The molecule has 2 aliphatic rings. The van der Waals surface area contributed by atoms with Crippen molar-refractivity contribution >= 4 is 21.7 Å². The van der Waals surface area contributed by atoms with Gasteiger partial charge in [0, 0.05) is 25.3 Å². The molecule has 5 heteroatoms. The maximum Gasteiger partial charge on any atom is 0.146 e. The summed E-state index contributed by atoms with van der Waals surface area (Å²) in [7, 11) is 0. The van der Waals surface area contributed by atoms with E-state index in [4.69, 9.17) is 0 Å². The van der Waals surface area contributed by atoms with Gasteiger partial charge in [-0.1, -0.05) is 0 Å². The molecule has 92 valence electrons. The van der Waals surface area contributed by atoms with Crippen molar-refractivity contribution in [1.82, 2.24) is 15.3 Å². The van der Waals surface area contributed by atoms with Crippen LogP contribution in [-0.2, 0) is 0 Å². The number of fused-ring (bicyclic) bond motifs is 1. The van der Waals surface area contributed by atoms with Gasteiger partial charge in [0.05, 0.1) is 4.47 Å². The van der Waals surface area contributed by atoms with Gasteiger partial charge in [0.25, 0.3) is 0 Å². The van der Waals surface area contributed by atoms with Crippen molar-refractivity contribution in [3.05, 3.63) is 17.0 Å². The molecule has 0 bridgehead atoms. The largest absolute Gasteiger partial charge is 0.355 e. The molecule has 1 aromatic heterocycles. The summed E-state index contributed by atoms with van der Waals surface area (Å²) in [6.07, 6.45) is 7.33. The first-order valence-electron chi connectivity index (χ1n) is 6.28. The Bertz CT molecular complexity index is 398. The number of anilines is 1. The molecule has 17 heavy (non-hydrogen) atoms. The molecule has 2 saturated heterocycles. The van der Waals surface area contributed by atoms with E-state index in [9.17, 15) is 0 Å². The van der Waals surface area contributed by atoms with E-state index in [1.54, 1.807) is 6.33 Å². The van der Waals surface area contributed by atoms with Crippen LogP contribution in [0, 0.1) is 5.92 Å². The molecular weight excluding hydrogens is 280 g/mol. The fraction of sp³-hybridized carbons (Fsp3) is 0.667. The van der Waals surface area contributed by atoms with Crippen LogP contribution in [0.1, 0.15) is 19.3 Å². The zero-order valence-electron chi connectivity index (χ0n) is 9.77. The van der Waals surface area contributed by atoms with Crippen LogP contribution in [0.2, 0.25) is 0 Å². The summed E-state index contributed by atoms with van der Waals surface area (Å²) in [4.78, 5) is 10.8. The Morgan fingerprint density at radius 2 is 2.35 bits per heavy atom. The molecule has 0 aliphatic carbocycles. The lowest BCUT2D eigenvalue weighted by molar-refractivity contribution is 0.243. The molecular formula is C12H17BrN4. The van der Waals surface area contributed by atoms with E-state index in [0.717, 1.165) is 35.3 Å². The average Bonchev–Trinajstić information content (AvgIpc) is 2.39. The van der Waals surface area contributed by atoms with Gasteiger partial charge in [-0.05, 0) is 47.7 Å². The Balaban J connectivity index is 1.76. The van der Waals surface area contributed by atoms with Crippen molar-refractivity contribution in [2.24, 2.45) is 5.92 Å². The Morgan fingerprint density at radius 3 is 3.24 bits per heavy atom. The van der Waals surface area contributed by atoms with Gasteiger partial charge in [-0.25, -0.2) is 9.97 Å². The monoisotopic (exact) mass is 296 g/mol. The molecule has 1 aromatic rings. The van der Waals surface area contributed by atoms with Crippen LogP contribution in [0.5, 0.6) is 0 Å². The summed E-state index contributed by atoms with van der Waals surface area (Å²) in [5.41, 5.74) is 0. The highest BCUT2D eigenvalue weighted by atomic mass is 79.9. The lowest BCUT2D eigenvalue weighted by Gasteiger charge is -2.42. The van der Waals surface area contributed by atoms with Gasteiger partial charge in [-0.15, -0.1) is 0 Å². The molecule has 1 N–H and O–H groups in total. The van der Waals surface area contributed by atoms with Gasteiger partial charge >= 0.3 is 0 Å². The summed E-state index contributed by atoms with van der Waals surface area (Å²) in [5.74, 6) is 1.82. The van der Waals surface area contributed by atoms with E-state index in [0.29, 0.717) is 0 Å². The molecule has 2 aliphatic heterocycles. The number of halogens is 1. The summed E-state index contributed by atoms with van der Waals surface area (Å²) in [6.45, 7) is 3.40. The topological polar surface area (TPSA) is 41.1 Å². The molecule has 4 nitrogen and oxygen atoms in total. The number of nitrogens with one attached hydrogen (secondary N) is 1. The SMILES string of the molecule is Brc1cncnc1N1CCC2NCCCC2C1. The fourth-order valence-electron chi connectivity index (χ4n) is 2.98. The summed E-state index contributed by atoms with van der Waals surface area (Å²) < 4.78 is 1.00. The van der Waals surface area contributed by atoms with E-state index in [2.05, 4.69) is 36.1 Å². The second kappa shape index (κ2) is 4.90. The number of nitrogens with zero attached hydrogens (tertiary/aromatic N) is 3. The third-order valence-electron chi connectivity index (χ3n) is 3.84. The standard InChI is InChI=1S/C12H17BrN4/c13-10-6-14-8-16-12(10)17-5-3-11-9(7-17)2-1-4-15-11/h6,8-9,11,15H,1-5,7H2. The Hall–Kier alpha value is -0.680. The lowest BCUT2D eigenvalue weighted by atomic mass is 9.85. The first kappa shape index (κ1) is 11.4. The number of hydrogen-bond donors (Lipinski definition) is 1. The van der Waals surface area contributed by atoms with Crippen LogP contribution in [0.25, 0.3) is 0 Å². The van der Waals surface area contributed by atoms with E-state index in [1.165, 1.54) is 25.8 Å².